The first-order valence-electron chi connectivity index (χ1n) is 7.23. The Bertz CT molecular complexity index is 420. The van der Waals surface area contributed by atoms with E-state index < -0.39 is 0 Å². The summed E-state index contributed by atoms with van der Waals surface area (Å²) in [4.78, 5) is 16.0. The minimum Gasteiger partial charge on any atom is -0.323 e. The van der Waals surface area contributed by atoms with Gasteiger partial charge in [-0.05, 0) is 57.1 Å². The molecule has 1 N–H and O–H groups in total. The predicted octanol–water partition coefficient (Wildman–Crippen LogP) is 3.57. The van der Waals surface area contributed by atoms with E-state index in [2.05, 4.69) is 36.4 Å². The second-order valence-electron chi connectivity index (χ2n) is 5.39. The number of piperidine rings is 1. The van der Waals surface area contributed by atoms with Crippen molar-refractivity contribution in [3.05, 3.63) is 15.8 Å². The van der Waals surface area contributed by atoms with Crippen molar-refractivity contribution in [1.82, 2.24) is 4.90 Å². The van der Waals surface area contributed by atoms with E-state index in [1.54, 1.807) is 11.3 Å². The van der Waals surface area contributed by atoms with Crippen LogP contribution in [0.4, 0.5) is 5.69 Å². The zero-order valence-electron chi connectivity index (χ0n) is 12.2. The van der Waals surface area contributed by atoms with Gasteiger partial charge in [-0.25, -0.2) is 0 Å². The first-order chi connectivity index (χ1) is 9.13. The molecule has 2 heterocycles. The summed E-state index contributed by atoms with van der Waals surface area (Å²) in [6.45, 7) is 8.39. The van der Waals surface area contributed by atoms with Crippen molar-refractivity contribution in [2.75, 3.05) is 18.4 Å². The topological polar surface area (TPSA) is 32.3 Å². The molecule has 1 fully saturated rings. The van der Waals surface area contributed by atoms with E-state index in [0.29, 0.717) is 0 Å². The molecule has 4 heteroatoms. The zero-order valence-corrected chi connectivity index (χ0v) is 13.0. The minimum atomic E-state index is 0.0624. The minimum absolute atomic E-state index is 0.0624. The van der Waals surface area contributed by atoms with Gasteiger partial charge in [0.15, 0.2) is 0 Å². The van der Waals surface area contributed by atoms with Gasteiger partial charge in [0.05, 0.1) is 11.7 Å². The van der Waals surface area contributed by atoms with E-state index in [1.165, 1.54) is 23.3 Å². The zero-order chi connectivity index (χ0) is 13.8. The van der Waals surface area contributed by atoms with Gasteiger partial charge in [0.1, 0.15) is 0 Å². The summed E-state index contributed by atoms with van der Waals surface area (Å²) >= 11 is 1.70. The fourth-order valence-electron chi connectivity index (χ4n) is 2.81. The molecular formula is C15H24N2OS. The number of carbonyl (C=O) groups excluding carboxylic acids is 1. The molecule has 0 radical (unpaired) electrons. The van der Waals surface area contributed by atoms with Gasteiger partial charge in [0.25, 0.3) is 0 Å². The lowest BCUT2D eigenvalue weighted by Gasteiger charge is -2.34. The van der Waals surface area contributed by atoms with Crippen LogP contribution in [0, 0.1) is 13.8 Å². The summed E-state index contributed by atoms with van der Waals surface area (Å²) in [5, 5.41) is 5.25. The number of rotatable bonds is 4. The van der Waals surface area contributed by atoms with Crippen LogP contribution in [0.5, 0.6) is 0 Å². The number of hydrogen-bond acceptors (Lipinski definition) is 3. The molecule has 1 aromatic rings. The van der Waals surface area contributed by atoms with Crippen LogP contribution in [0.15, 0.2) is 5.38 Å². The van der Waals surface area contributed by atoms with Crippen LogP contribution in [0.2, 0.25) is 0 Å². The number of aryl methyl sites for hydroxylation is 2. The number of nitrogens with zero attached hydrogens (tertiary/aromatic N) is 1. The summed E-state index contributed by atoms with van der Waals surface area (Å²) < 4.78 is 0. The SMILES string of the molecule is CCCN1CCCC[C@H]1C(=O)Nc1c(C)csc1C. The lowest BCUT2D eigenvalue weighted by Crippen LogP contribution is -2.47. The highest BCUT2D eigenvalue weighted by Gasteiger charge is 2.28. The summed E-state index contributed by atoms with van der Waals surface area (Å²) in [5.41, 5.74) is 2.20. The average molecular weight is 280 g/mol. The molecule has 106 valence electrons. The molecule has 1 amide bonds. The van der Waals surface area contributed by atoms with Gasteiger partial charge in [-0.15, -0.1) is 11.3 Å². The molecule has 0 aliphatic carbocycles. The standard InChI is InChI=1S/C15H24N2OS/c1-4-8-17-9-6-5-7-13(17)15(18)16-14-11(2)10-19-12(14)3/h10,13H,4-9H2,1-3H3,(H,16,18)/t13-/m0/s1. The summed E-state index contributed by atoms with van der Waals surface area (Å²) in [6, 6.07) is 0.0624. The summed E-state index contributed by atoms with van der Waals surface area (Å²) in [5.74, 6) is 0.178. The van der Waals surface area contributed by atoms with E-state index in [9.17, 15) is 4.79 Å². The second-order valence-corrected chi connectivity index (χ2v) is 6.47. The molecule has 0 unspecified atom stereocenters. The van der Waals surface area contributed by atoms with Gasteiger partial charge in [-0.2, -0.15) is 0 Å². The van der Waals surface area contributed by atoms with Crippen LogP contribution in [0.25, 0.3) is 0 Å². The first-order valence-corrected chi connectivity index (χ1v) is 8.11. The smallest absolute Gasteiger partial charge is 0.241 e. The van der Waals surface area contributed by atoms with Gasteiger partial charge < -0.3 is 5.32 Å². The molecule has 1 saturated heterocycles. The van der Waals surface area contributed by atoms with Crippen LogP contribution >= 0.6 is 11.3 Å². The Hall–Kier alpha value is -0.870. The van der Waals surface area contributed by atoms with Crippen molar-refractivity contribution in [2.24, 2.45) is 0 Å². The third-order valence-corrected chi connectivity index (χ3v) is 4.86. The first kappa shape index (κ1) is 14.5. The van der Waals surface area contributed by atoms with Gasteiger partial charge >= 0.3 is 0 Å². The lowest BCUT2D eigenvalue weighted by atomic mass is 10.0. The van der Waals surface area contributed by atoms with E-state index in [4.69, 9.17) is 0 Å². The number of carbonyl (C=O) groups is 1. The normalized spacial score (nSPS) is 20.5. The summed E-state index contributed by atoms with van der Waals surface area (Å²) in [6.07, 6.45) is 4.49. The largest absolute Gasteiger partial charge is 0.323 e. The molecule has 1 aliphatic heterocycles. The maximum absolute atomic E-state index is 12.5. The van der Waals surface area contributed by atoms with Crippen molar-refractivity contribution in [1.29, 1.82) is 0 Å². The van der Waals surface area contributed by atoms with E-state index >= 15 is 0 Å². The maximum atomic E-state index is 12.5. The molecular weight excluding hydrogens is 256 g/mol. The quantitative estimate of drug-likeness (QED) is 0.914. The van der Waals surface area contributed by atoms with Gasteiger partial charge in [0.2, 0.25) is 5.91 Å². The van der Waals surface area contributed by atoms with Gasteiger partial charge in [-0.3, -0.25) is 9.69 Å². The maximum Gasteiger partial charge on any atom is 0.241 e. The van der Waals surface area contributed by atoms with Crippen LogP contribution in [-0.2, 0) is 4.79 Å². The van der Waals surface area contributed by atoms with E-state index in [0.717, 1.165) is 31.6 Å². The van der Waals surface area contributed by atoms with Crippen molar-refractivity contribution >= 4 is 22.9 Å². The molecule has 0 aromatic carbocycles. The monoisotopic (exact) mass is 280 g/mol. The summed E-state index contributed by atoms with van der Waals surface area (Å²) in [7, 11) is 0. The highest BCUT2D eigenvalue weighted by atomic mass is 32.1. The number of likely N-dealkylation sites (tertiary alicyclic amines) is 1. The van der Waals surface area contributed by atoms with Crippen LogP contribution in [0.1, 0.15) is 43.0 Å². The molecule has 0 bridgehead atoms. The number of hydrogen-bond donors (Lipinski definition) is 1. The predicted molar refractivity (Wildman–Crippen MR) is 81.9 cm³/mol. The molecule has 1 atom stereocenters. The third-order valence-electron chi connectivity index (χ3n) is 3.83. The Balaban J connectivity index is 2.05. The highest BCUT2D eigenvalue weighted by molar-refractivity contribution is 7.10. The van der Waals surface area contributed by atoms with Gasteiger partial charge in [0, 0.05) is 4.88 Å². The number of anilines is 1. The molecule has 0 saturated carbocycles. The molecule has 19 heavy (non-hydrogen) atoms. The number of amides is 1. The van der Waals surface area contributed by atoms with Crippen molar-refractivity contribution < 1.29 is 4.79 Å². The molecule has 1 aliphatic rings. The van der Waals surface area contributed by atoms with Crippen LogP contribution < -0.4 is 5.32 Å². The molecule has 3 nitrogen and oxygen atoms in total. The number of nitrogens with one attached hydrogen (secondary N) is 1. The van der Waals surface area contributed by atoms with Crippen molar-refractivity contribution in [2.45, 2.75) is 52.5 Å². The molecule has 0 spiro atoms. The fraction of sp³-hybridized carbons (Fsp3) is 0.667. The molecule has 1 aromatic heterocycles. The van der Waals surface area contributed by atoms with Gasteiger partial charge in [-0.1, -0.05) is 13.3 Å². The third kappa shape index (κ3) is 3.37. The van der Waals surface area contributed by atoms with E-state index in [-0.39, 0.29) is 11.9 Å². The Kier molecular flexibility index (Phi) is 4.99. The molecule has 2 rings (SSSR count). The van der Waals surface area contributed by atoms with Crippen molar-refractivity contribution in [3.8, 4) is 0 Å². The Morgan fingerprint density at radius 2 is 2.26 bits per heavy atom. The fourth-order valence-corrected chi connectivity index (χ4v) is 3.61. The van der Waals surface area contributed by atoms with Crippen molar-refractivity contribution in [3.63, 3.8) is 0 Å². The number of thiophene rings is 1. The Morgan fingerprint density at radius 3 is 2.89 bits per heavy atom. The lowest BCUT2D eigenvalue weighted by molar-refractivity contribution is -0.122. The Labute approximate surface area is 120 Å². The van der Waals surface area contributed by atoms with Crippen LogP contribution in [0.3, 0.4) is 0 Å². The Morgan fingerprint density at radius 1 is 1.47 bits per heavy atom. The van der Waals surface area contributed by atoms with E-state index in [1.807, 2.05) is 0 Å². The van der Waals surface area contributed by atoms with Crippen LogP contribution in [-0.4, -0.2) is 29.9 Å². The highest BCUT2D eigenvalue weighted by Crippen LogP contribution is 2.27. The second kappa shape index (κ2) is 6.53. The average Bonchev–Trinajstić information content (AvgIpc) is 2.71.